The van der Waals surface area contributed by atoms with E-state index in [1.54, 1.807) is 0 Å². The SMILES string of the molecule is CC1(C)C2CCC1(OS(=O)O)CC2. The lowest BCUT2D eigenvalue weighted by atomic mass is 9.79. The molecule has 0 amide bonds. The molecule has 2 aliphatic carbocycles. The summed E-state index contributed by atoms with van der Waals surface area (Å²) in [5.41, 5.74) is -0.247. The lowest BCUT2D eigenvalue weighted by Crippen LogP contribution is -2.40. The molecule has 0 saturated heterocycles. The second-order valence-electron chi connectivity index (χ2n) is 4.79. The van der Waals surface area contributed by atoms with Gasteiger partial charge in [-0.2, -0.15) is 4.21 Å². The van der Waals surface area contributed by atoms with Crippen molar-refractivity contribution < 1.29 is 12.9 Å². The van der Waals surface area contributed by atoms with Crippen molar-refractivity contribution in [1.82, 2.24) is 0 Å². The Bertz CT molecular complexity index is 241. The third kappa shape index (κ3) is 1.19. The van der Waals surface area contributed by atoms with Crippen LogP contribution in [0.1, 0.15) is 39.5 Å². The molecule has 0 heterocycles. The summed E-state index contributed by atoms with van der Waals surface area (Å²) in [5, 5.41) is 0. The Kier molecular flexibility index (Phi) is 2.06. The molecule has 1 atom stereocenters. The van der Waals surface area contributed by atoms with Crippen LogP contribution in [0.5, 0.6) is 0 Å². The van der Waals surface area contributed by atoms with Gasteiger partial charge >= 0.3 is 11.4 Å². The highest BCUT2D eigenvalue weighted by molar-refractivity contribution is 7.74. The van der Waals surface area contributed by atoms with Crippen LogP contribution in [0.2, 0.25) is 0 Å². The summed E-state index contributed by atoms with van der Waals surface area (Å²) in [6.45, 7) is 4.31. The van der Waals surface area contributed by atoms with Crippen LogP contribution in [0.25, 0.3) is 0 Å². The Morgan fingerprint density at radius 3 is 2.23 bits per heavy atom. The molecule has 3 nitrogen and oxygen atoms in total. The summed E-state index contributed by atoms with van der Waals surface area (Å²) in [6.07, 6.45) is 4.17. The van der Waals surface area contributed by atoms with Crippen molar-refractivity contribution in [3.63, 3.8) is 0 Å². The Balaban J connectivity index is 2.26. The Labute approximate surface area is 81.3 Å². The molecule has 2 fully saturated rings. The lowest BCUT2D eigenvalue weighted by Gasteiger charge is -2.35. The van der Waals surface area contributed by atoms with E-state index in [9.17, 15) is 4.21 Å². The van der Waals surface area contributed by atoms with Gasteiger partial charge < -0.3 is 0 Å². The Hall–Kier alpha value is 0.0700. The van der Waals surface area contributed by atoms with Crippen molar-refractivity contribution in [2.75, 3.05) is 0 Å². The summed E-state index contributed by atoms with van der Waals surface area (Å²) in [4.78, 5) is 0. The third-order valence-electron chi connectivity index (χ3n) is 4.22. The summed E-state index contributed by atoms with van der Waals surface area (Å²) < 4.78 is 24.8. The molecular weight excluding hydrogens is 188 g/mol. The summed E-state index contributed by atoms with van der Waals surface area (Å²) >= 11 is -2.11. The average molecular weight is 204 g/mol. The quantitative estimate of drug-likeness (QED) is 0.701. The first-order valence-electron chi connectivity index (χ1n) is 4.78. The molecule has 0 aromatic heterocycles. The summed E-state index contributed by atoms with van der Waals surface area (Å²) in [7, 11) is 0. The predicted octanol–water partition coefficient (Wildman–Crippen LogP) is 2.11. The van der Waals surface area contributed by atoms with Crippen molar-refractivity contribution in [1.29, 1.82) is 0 Å². The van der Waals surface area contributed by atoms with Crippen LogP contribution in [-0.2, 0) is 15.5 Å². The molecule has 0 aromatic carbocycles. The second-order valence-corrected chi connectivity index (χ2v) is 5.39. The van der Waals surface area contributed by atoms with Crippen molar-refractivity contribution in [2.24, 2.45) is 11.3 Å². The van der Waals surface area contributed by atoms with Crippen LogP contribution in [0, 0.1) is 11.3 Å². The minimum atomic E-state index is -2.11. The molecule has 0 radical (unpaired) electrons. The third-order valence-corrected chi connectivity index (χ3v) is 4.68. The van der Waals surface area contributed by atoms with Crippen LogP contribution in [0.15, 0.2) is 0 Å². The fourth-order valence-corrected chi connectivity index (χ4v) is 3.80. The highest BCUT2D eigenvalue weighted by atomic mass is 32.2. The zero-order chi connectivity index (χ0) is 9.69. The van der Waals surface area contributed by atoms with Gasteiger partial charge in [-0.1, -0.05) is 13.8 Å². The first kappa shape index (κ1) is 9.62. The van der Waals surface area contributed by atoms with E-state index < -0.39 is 11.4 Å². The van der Waals surface area contributed by atoms with Gasteiger partial charge in [0.2, 0.25) is 0 Å². The lowest BCUT2D eigenvalue weighted by molar-refractivity contribution is 0.00116. The number of fused-ring (bicyclic) bond motifs is 2. The van der Waals surface area contributed by atoms with Crippen LogP contribution in [0.4, 0.5) is 0 Å². The van der Waals surface area contributed by atoms with E-state index in [1.165, 1.54) is 0 Å². The van der Waals surface area contributed by atoms with Crippen LogP contribution in [-0.4, -0.2) is 14.4 Å². The average Bonchev–Trinajstić information content (AvgIpc) is 2.36. The maximum Gasteiger partial charge on any atom is 0.302 e. The van der Waals surface area contributed by atoms with Crippen LogP contribution in [0.3, 0.4) is 0 Å². The normalized spacial score (nSPS) is 43.8. The fourth-order valence-electron chi connectivity index (χ4n) is 3.15. The van der Waals surface area contributed by atoms with Crippen molar-refractivity contribution in [2.45, 2.75) is 45.1 Å². The Morgan fingerprint density at radius 1 is 1.38 bits per heavy atom. The predicted molar refractivity (Wildman–Crippen MR) is 50.3 cm³/mol. The molecule has 13 heavy (non-hydrogen) atoms. The van der Waals surface area contributed by atoms with E-state index >= 15 is 0 Å². The monoisotopic (exact) mass is 204 g/mol. The van der Waals surface area contributed by atoms with Crippen molar-refractivity contribution >= 4 is 11.4 Å². The molecule has 2 saturated carbocycles. The zero-order valence-corrected chi connectivity index (χ0v) is 8.89. The van der Waals surface area contributed by atoms with Gasteiger partial charge in [0.25, 0.3) is 0 Å². The minimum absolute atomic E-state index is 0.0748. The largest absolute Gasteiger partial charge is 0.302 e. The smallest absolute Gasteiger partial charge is 0.284 e. The molecule has 0 spiro atoms. The first-order chi connectivity index (χ1) is 5.98. The molecule has 0 aliphatic heterocycles. The molecule has 2 bridgehead atoms. The molecule has 1 unspecified atom stereocenters. The van der Waals surface area contributed by atoms with E-state index in [-0.39, 0.29) is 11.0 Å². The van der Waals surface area contributed by atoms with E-state index in [1.807, 2.05) is 0 Å². The van der Waals surface area contributed by atoms with Gasteiger partial charge in [0.05, 0.1) is 5.60 Å². The standard InChI is InChI=1S/C9H16O3S/c1-8(2)7-3-5-9(8,6-4-7)12-13(10)11/h7H,3-6H2,1-2H3,(H,10,11). The van der Waals surface area contributed by atoms with E-state index in [0.717, 1.165) is 25.7 Å². The van der Waals surface area contributed by atoms with Gasteiger partial charge in [-0.15, -0.1) is 0 Å². The number of hydrogen-bond donors (Lipinski definition) is 1. The van der Waals surface area contributed by atoms with E-state index in [4.69, 9.17) is 8.74 Å². The molecule has 4 heteroatoms. The van der Waals surface area contributed by atoms with Crippen molar-refractivity contribution in [3.8, 4) is 0 Å². The fraction of sp³-hybridized carbons (Fsp3) is 1.00. The zero-order valence-electron chi connectivity index (χ0n) is 8.08. The van der Waals surface area contributed by atoms with Gasteiger partial charge in [-0.25, -0.2) is 0 Å². The van der Waals surface area contributed by atoms with E-state index in [0.29, 0.717) is 5.92 Å². The van der Waals surface area contributed by atoms with Crippen LogP contribution < -0.4 is 0 Å². The second kappa shape index (κ2) is 2.78. The minimum Gasteiger partial charge on any atom is -0.284 e. The van der Waals surface area contributed by atoms with Gasteiger partial charge in [-0.3, -0.25) is 8.74 Å². The Morgan fingerprint density at radius 2 is 1.92 bits per heavy atom. The first-order valence-corrected chi connectivity index (χ1v) is 5.81. The topological polar surface area (TPSA) is 46.5 Å². The van der Waals surface area contributed by atoms with Crippen LogP contribution >= 0.6 is 0 Å². The maximum atomic E-state index is 10.7. The van der Waals surface area contributed by atoms with Gasteiger partial charge in [0, 0.05) is 0 Å². The summed E-state index contributed by atoms with van der Waals surface area (Å²) in [5.74, 6) is 0.677. The molecular formula is C9H16O3S. The highest BCUT2D eigenvalue weighted by Crippen LogP contribution is 2.62. The molecule has 1 N–H and O–H groups in total. The highest BCUT2D eigenvalue weighted by Gasteiger charge is 2.61. The molecule has 2 rings (SSSR count). The molecule has 2 aliphatic rings. The number of hydrogen-bond acceptors (Lipinski definition) is 2. The van der Waals surface area contributed by atoms with Gasteiger partial charge in [0.15, 0.2) is 0 Å². The molecule has 0 aromatic rings. The van der Waals surface area contributed by atoms with E-state index in [2.05, 4.69) is 13.8 Å². The maximum absolute atomic E-state index is 10.7. The summed E-state index contributed by atoms with van der Waals surface area (Å²) in [6, 6.07) is 0. The number of rotatable bonds is 2. The van der Waals surface area contributed by atoms with Gasteiger partial charge in [0.1, 0.15) is 0 Å². The van der Waals surface area contributed by atoms with Gasteiger partial charge in [-0.05, 0) is 37.0 Å². The molecule has 76 valence electrons. The van der Waals surface area contributed by atoms with Crippen molar-refractivity contribution in [3.05, 3.63) is 0 Å².